The van der Waals surface area contributed by atoms with Crippen molar-refractivity contribution in [2.75, 3.05) is 6.54 Å². The number of rotatable bonds is 1. The standard InChI is InChI=1S/C4H4ClN3O3/c5-3(10)7-8-1-2(9)6-4(8)11/h1H2,(H,7,10)(H,6,9,11). The van der Waals surface area contributed by atoms with Gasteiger partial charge in [-0.05, 0) is 11.6 Å². The van der Waals surface area contributed by atoms with Crippen LogP contribution in [0.15, 0.2) is 0 Å². The van der Waals surface area contributed by atoms with E-state index in [1.54, 1.807) is 0 Å². The monoisotopic (exact) mass is 177 g/mol. The highest BCUT2D eigenvalue weighted by atomic mass is 35.5. The molecular weight excluding hydrogens is 174 g/mol. The number of urea groups is 1. The Hall–Kier alpha value is -1.30. The molecule has 1 aliphatic rings. The fourth-order valence-electron chi connectivity index (χ4n) is 0.638. The molecule has 0 unspecified atom stereocenters. The van der Waals surface area contributed by atoms with E-state index in [1.165, 1.54) is 0 Å². The molecule has 7 heteroatoms. The van der Waals surface area contributed by atoms with E-state index in [0.717, 1.165) is 5.01 Å². The van der Waals surface area contributed by atoms with Crippen molar-refractivity contribution in [3.8, 4) is 0 Å². The van der Waals surface area contributed by atoms with E-state index in [9.17, 15) is 14.4 Å². The Labute approximate surface area is 66.4 Å². The second kappa shape index (κ2) is 2.75. The number of carbonyl (C=O) groups is 3. The molecule has 0 aromatic carbocycles. The molecule has 0 spiro atoms. The topological polar surface area (TPSA) is 78.5 Å². The van der Waals surface area contributed by atoms with E-state index >= 15 is 0 Å². The summed E-state index contributed by atoms with van der Waals surface area (Å²) >= 11 is 4.89. The number of hydrogen-bond acceptors (Lipinski definition) is 3. The number of carbonyl (C=O) groups excluding carboxylic acids is 3. The van der Waals surface area contributed by atoms with Crippen molar-refractivity contribution in [3.63, 3.8) is 0 Å². The van der Waals surface area contributed by atoms with E-state index < -0.39 is 17.3 Å². The highest BCUT2D eigenvalue weighted by Crippen LogP contribution is 1.94. The van der Waals surface area contributed by atoms with Gasteiger partial charge in [0.05, 0.1) is 0 Å². The summed E-state index contributed by atoms with van der Waals surface area (Å²) in [4.78, 5) is 31.3. The van der Waals surface area contributed by atoms with Gasteiger partial charge in [0, 0.05) is 0 Å². The molecule has 1 fully saturated rings. The van der Waals surface area contributed by atoms with Gasteiger partial charge in [-0.3, -0.25) is 14.9 Å². The minimum atomic E-state index is -0.908. The lowest BCUT2D eigenvalue weighted by atomic mass is 10.6. The molecule has 0 atom stereocenters. The zero-order valence-corrected chi connectivity index (χ0v) is 6.01. The van der Waals surface area contributed by atoms with Crippen LogP contribution in [-0.4, -0.2) is 28.9 Å². The van der Waals surface area contributed by atoms with Crippen LogP contribution in [-0.2, 0) is 4.79 Å². The molecule has 0 saturated carbocycles. The third-order valence-electron chi connectivity index (χ3n) is 1.02. The second-order valence-corrected chi connectivity index (χ2v) is 2.17. The number of hydrogen-bond donors (Lipinski definition) is 2. The molecule has 1 aliphatic heterocycles. The summed E-state index contributed by atoms with van der Waals surface area (Å²) < 4.78 is 0. The third-order valence-corrected chi connectivity index (χ3v) is 1.10. The van der Waals surface area contributed by atoms with Crippen LogP contribution in [0, 0.1) is 0 Å². The average Bonchev–Trinajstić information content (AvgIpc) is 2.09. The number of imide groups is 1. The van der Waals surface area contributed by atoms with Gasteiger partial charge in [-0.15, -0.1) is 0 Å². The summed E-state index contributed by atoms with van der Waals surface area (Å²) in [6.45, 7) is -0.197. The number of hydrazine groups is 1. The van der Waals surface area contributed by atoms with Gasteiger partial charge in [-0.2, -0.15) is 0 Å². The smallest absolute Gasteiger partial charge is 0.275 e. The molecule has 60 valence electrons. The van der Waals surface area contributed by atoms with E-state index in [0.29, 0.717) is 0 Å². The molecular formula is C4H4ClN3O3. The average molecular weight is 178 g/mol. The van der Waals surface area contributed by atoms with E-state index in [1.807, 2.05) is 10.7 Å². The van der Waals surface area contributed by atoms with Crippen molar-refractivity contribution in [1.29, 1.82) is 0 Å². The van der Waals surface area contributed by atoms with Crippen molar-refractivity contribution in [2.24, 2.45) is 0 Å². The maximum atomic E-state index is 10.6. The van der Waals surface area contributed by atoms with Crippen molar-refractivity contribution in [2.45, 2.75) is 0 Å². The van der Waals surface area contributed by atoms with Crippen LogP contribution in [0.3, 0.4) is 0 Å². The van der Waals surface area contributed by atoms with E-state index in [2.05, 4.69) is 0 Å². The van der Waals surface area contributed by atoms with Gasteiger partial charge >= 0.3 is 11.4 Å². The van der Waals surface area contributed by atoms with Crippen LogP contribution < -0.4 is 10.7 Å². The summed E-state index contributed by atoms with van der Waals surface area (Å²) in [7, 11) is 0. The van der Waals surface area contributed by atoms with Crippen LogP contribution in [0.2, 0.25) is 0 Å². The predicted molar refractivity (Wildman–Crippen MR) is 34.6 cm³/mol. The molecule has 11 heavy (non-hydrogen) atoms. The highest BCUT2D eigenvalue weighted by molar-refractivity contribution is 6.62. The molecule has 0 aromatic rings. The molecule has 1 heterocycles. The third kappa shape index (κ3) is 1.81. The maximum Gasteiger partial charge on any atom is 0.343 e. The molecule has 2 N–H and O–H groups in total. The number of amides is 4. The Morgan fingerprint density at radius 2 is 2.27 bits per heavy atom. The lowest BCUT2D eigenvalue weighted by Gasteiger charge is -2.10. The lowest BCUT2D eigenvalue weighted by molar-refractivity contribution is -0.118. The summed E-state index contributed by atoms with van der Waals surface area (Å²) in [5.41, 5.74) is 1.95. The van der Waals surface area contributed by atoms with Gasteiger partial charge in [-0.1, -0.05) is 0 Å². The number of nitrogens with one attached hydrogen (secondary N) is 2. The Bertz CT molecular complexity index is 229. The van der Waals surface area contributed by atoms with Crippen LogP contribution in [0.4, 0.5) is 9.59 Å². The predicted octanol–water partition coefficient (Wildman–Crippen LogP) is -0.598. The van der Waals surface area contributed by atoms with Crippen molar-refractivity contribution in [3.05, 3.63) is 0 Å². The van der Waals surface area contributed by atoms with Gasteiger partial charge in [0.15, 0.2) is 0 Å². The van der Waals surface area contributed by atoms with Gasteiger partial charge in [0.2, 0.25) is 5.91 Å². The summed E-state index contributed by atoms with van der Waals surface area (Å²) in [5, 5.41) is 1.83. The molecule has 1 saturated heterocycles. The van der Waals surface area contributed by atoms with Crippen molar-refractivity contribution in [1.82, 2.24) is 15.8 Å². The van der Waals surface area contributed by atoms with E-state index in [-0.39, 0.29) is 6.54 Å². The number of halogens is 1. The summed E-state index contributed by atoms with van der Waals surface area (Å²) in [6.07, 6.45) is 0. The zero-order chi connectivity index (χ0) is 8.43. The first kappa shape index (κ1) is 7.80. The first-order valence-electron chi connectivity index (χ1n) is 2.67. The van der Waals surface area contributed by atoms with Crippen LogP contribution in [0.1, 0.15) is 0 Å². The van der Waals surface area contributed by atoms with Crippen LogP contribution >= 0.6 is 11.6 Å². The SMILES string of the molecule is O=C(Cl)NN1CC(=O)NC1=O. The van der Waals surface area contributed by atoms with Crippen molar-refractivity contribution < 1.29 is 14.4 Å². The fourth-order valence-corrected chi connectivity index (χ4v) is 0.740. The summed E-state index contributed by atoms with van der Waals surface area (Å²) in [6, 6.07) is -0.677. The van der Waals surface area contributed by atoms with Gasteiger partial charge in [0.1, 0.15) is 6.54 Å². The zero-order valence-electron chi connectivity index (χ0n) is 5.26. The molecule has 1 rings (SSSR count). The Morgan fingerprint density at radius 3 is 2.64 bits per heavy atom. The van der Waals surface area contributed by atoms with Crippen molar-refractivity contribution >= 4 is 28.9 Å². The normalized spacial score (nSPS) is 16.6. The van der Waals surface area contributed by atoms with E-state index in [4.69, 9.17) is 11.6 Å². The lowest BCUT2D eigenvalue weighted by Crippen LogP contribution is -2.41. The molecule has 0 aromatic heterocycles. The summed E-state index contributed by atoms with van der Waals surface area (Å²) in [5.74, 6) is -0.472. The minimum Gasteiger partial charge on any atom is -0.275 e. The highest BCUT2D eigenvalue weighted by Gasteiger charge is 2.27. The van der Waals surface area contributed by atoms with Gasteiger partial charge < -0.3 is 0 Å². The minimum absolute atomic E-state index is 0.197. The Balaban J connectivity index is 2.53. The first-order valence-corrected chi connectivity index (χ1v) is 3.05. The largest absolute Gasteiger partial charge is 0.343 e. The molecule has 4 amide bonds. The Morgan fingerprint density at radius 1 is 1.64 bits per heavy atom. The quantitative estimate of drug-likeness (QED) is 0.319. The maximum absolute atomic E-state index is 10.6. The van der Waals surface area contributed by atoms with Crippen LogP contribution in [0.5, 0.6) is 0 Å². The fraction of sp³-hybridized carbons (Fsp3) is 0.250. The first-order chi connectivity index (χ1) is 5.09. The molecule has 0 radical (unpaired) electrons. The second-order valence-electron chi connectivity index (χ2n) is 1.82. The molecule has 0 bridgehead atoms. The van der Waals surface area contributed by atoms with Crippen LogP contribution in [0.25, 0.3) is 0 Å². The van der Waals surface area contributed by atoms with Gasteiger partial charge in [-0.25, -0.2) is 15.2 Å². The Kier molecular flexibility index (Phi) is 1.95. The molecule has 6 nitrogen and oxygen atoms in total. The van der Waals surface area contributed by atoms with Gasteiger partial charge in [0.25, 0.3) is 0 Å². The molecule has 0 aliphatic carbocycles. The number of nitrogens with zero attached hydrogens (tertiary/aromatic N) is 1.